The molecule has 1 saturated heterocycles. The van der Waals surface area contributed by atoms with Crippen LogP contribution in [0.4, 0.5) is 4.79 Å². The van der Waals surface area contributed by atoms with Gasteiger partial charge in [0.25, 0.3) is 0 Å². The van der Waals surface area contributed by atoms with Crippen LogP contribution in [-0.4, -0.2) is 49.6 Å². The molecular formula is C19H21BrClNO6. The summed E-state index contributed by atoms with van der Waals surface area (Å²) in [5, 5.41) is 2.12. The van der Waals surface area contributed by atoms with Crippen molar-refractivity contribution in [3.05, 3.63) is 38.5 Å². The molecule has 7 nitrogen and oxygen atoms in total. The molecule has 2 aliphatic rings. The number of hydrogen-bond donors (Lipinski definition) is 0. The Morgan fingerprint density at radius 3 is 2.61 bits per heavy atom. The van der Waals surface area contributed by atoms with Crippen LogP contribution in [0.5, 0.6) is 0 Å². The number of carbonyl (C=O) groups excluding carboxylic acids is 2. The third-order valence-corrected chi connectivity index (χ3v) is 5.63. The van der Waals surface area contributed by atoms with Gasteiger partial charge in [0.2, 0.25) is 0 Å². The lowest BCUT2D eigenvalue weighted by Crippen LogP contribution is -2.46. The molecule has 1 fully saturated rings. The predicted octanol–water partition coefficient (Wildman–Crippen LogP) is 4.25. The van der Waals surface area contributed by atoms with Gasteiger partial charge >= 0.3 is 12.1 Å². The maximum absolute atomic E-state index is 12.9. The first-order chi connectivity index (χ1) is 13.3. The quantitative estimate of drug-likeness (QED) is 0.604. The summed E-state index contributed by atoms with van der Waals surface area (Å²) >= 11 is 9.83. The fraction of sp³-hybridized carbons (Fsp3) is 0.474. The van der Waals surface area contributed by atoms with Crippen molar-refractivity contribution in [2.45, 2.75) is 32.3 Å². The molecule has 0 bridgehead atoms. The van der Waals surface area contributed by atoms with Gasteiger partial charge in [-0.05, 0) is 31.5 Å². The van der Waals surface area contributed by atoms with Gasteiger partial charge in [0, 0.05) is 36.0 Å². The number of hydrogen-bond acceptors (Lipinski definition) is 7. The van der Waals surface area contributed by atoms with E-state index in [9.17, 15) is 9.59 Å². The number of benzene rings is 1. The van der Waals surface area contributed by atoms with Gasteiger partial charge in [-0.2, -0.15) is 5.06 Å². The normalized spacial score (nSPS) is 19.1. The summed E-state index contributed by atoms with van der Waals surface area (Å²) < 4.78 is 17.0. The van der Waals surface area contributed by atoms with Crippen molar-refractivity contribution in [1.82, 2.24) is 5.06 Å². The number of halogens is 2. The van der Waals surface area contributed by atoms with E-state index in [0.717, 1.165) is 10.0 Å². The maximum atomic E-state index is 12.9. The number of carbonyl (C=O) groups is 2. The van der Waals surface area contributed by atoms with E-state index in [1.54, 1.807) is 25.2 Å². The Balaban J connectivity index is 2.12. The molecule has 0 aliphatic carbocycles. The molecule has 3 rings (SSSR count). The third-order valence-electron chi connectivity index (χ3n) is 4.87. The highest BCUT2D eigenvalue weighted by atomic mass is 79.9. The molecule has 1 aromatic rings. The summed E-state index contributed by atoms with van der Waals surface area (Å²) in [5.41, 5.74) is 0.341. The smallest absolute Gasteiger partial charge is 0.447 e. The predicted molar refractivity (Wildman–Crippen MR) is 106 cm³/mol. The van der Waals surface area contributed by atoms with Crippen LogP contribution >= 0.6 is 27.5 Å². The standard InChI is InChI=1S/C19H21BrClNO6/c1-4-26-18(24)27-16-15(14-11(2)9-12(20)10-13(14)21)17(23)28-19(16)5-7-22(25-3)8-6-19/h9-10H,4-8H2,1-3H3. The molecule has 1 spiro atoms. The summed E-state index contributed by atoms with van der Waals surface area (Å²) in [6.07, 6.45) is -0.0523. The van der Waals surface area contributed by atoms with Crippen LogP contribution in [0.2, 0.25) is 5.02 Å². The Bertz CT molecular complexity index is 809. The van der Waals surface area contributed by atoms with E-state index in [1.807, 2.05) is 13.0 Å². The summed E-state index contributed by atoms with van der Waals surface area (Å²) in [6, 6.07) is 3.52. The van der Waals surface area contributed by atoms with Gasteiger partial charge in [-0.1, -0.05) is 27.5 Å². The lowest BCUT2D eigenvalue weighted by Gasteiger charge is -2.37. The molecule has 2 aliphatic heterocycles. The van der Waals surface area contributed by atoms with E-state index < -0.39 is 17.7 Å². The lowest BCUT2D eigenvalue weighted by atomic mass is 9.87. The zero-order valence-corrected chi connectivity index (χ0v) is 18.2. The first-order valence-corrected chi connectivity index (χ1v) is 10.1. The van der Waals surface area contributed by atoms with Crippen LogP contribution in [0.1, 0.15) is 30.9 Å². The van der Waals surface area contributed by atoms with E-state index in [4.69, 9.17) is 30.6 Å². The Kier molecular flexibility index (Phi) is 6.34. The number of nitrogens with zero attached hydrogens (tertiary/aromatic N) is 1. The zero-order valence-electron chi connectivity index (χ0n) is 15.8. The highest BCUT2D eigenvalue weighted by Crippen LogP contribution is 2.47. The summed E-state index contributed by atoms with van der Waals surface area (Å²) in [6.45, 7) is 4.68. The molecule has 0 atom stereocenters. The van der Waals surface area contributed by atoms with Gasteiger partial charge in [-0.25, -0.2) is 9.59 Å². The minimum absolute atomic E-state index is 0.152. The Labute approximate surface area is 176 Å². The molecule has 0 radical (unpaired) electrons. The van der Waals surface area contributed by atoms with Crippen molar-refractivity contribution in [2.75, 3.05) is 26.8 Å². The van der Waals surface area contributed by atoms with Gasteiger partial charge in [0.1, 0.15) is 5.57 Å². The number of esters is 1. The van der Waals surface area contributed by atoms with Crippen LogP contribution in [-0.2, 0) is 23.8 Å². The topological polar surface area (TPSA) is 74.3 Å². The van der Waals surface area contributed by atoms with Crippen molar-refractivity contribution in [3.8, 4) is 0 Å². The first-order valence-electron chi connectivity index (χ1n) is 8.89. The molecule has 0 saturated carbocycles. The van der Waals surface area contributed by atoms with Gasteiger partial charge in [0.15, 0.2) is 11.4 Å². The second kappa shape index (κ2) is 8.41. The minimum atomic E-state index is -1.06. The molecule has 9 heteroatoms. The molecule has 2 heterocycles. The van der Waals surface area contributed by atoms with E-state index >= 15 is 0 Å². The molecule has 28 heavy (non-hydrogen) atoms. The van der Waals surface area contributed by atoms with Crippen LogP contribution in [0, 0.1) is 6.92 Å². The number of aryl methyl sites for hydroxylation is 1. The Morgan fingerprint density at radius 1 is 1.36 bits per heavy atom. The monoisotopic (exact) mass is 473 g/mol. The molecular weight excluding hydrogens is 454 g/mol. The second-order valence-electron chi connectivity index (χ2n) is 6.56. The van der Waals surface area contributed by atoms with Gasteiger partial charge in [-0.3, -0.25) is 0 Å². The number of ether oxygens (including phenoxy) is 3. The van der Waals surface area contributed by atoms with Crippen molar-refractivity contribution in [2.24, 2.45) is 0 Å². The zero-order chi connectivity index (χ0) is 20.5. The minimum Gasteiger partial charge on any atom is -0.447 e. The SMILES string of the molecule is CCOC(=O)OC1=C(c2c(C)cc(Br)cc2Cl)C(=O)OC12CCN(OC)CC2. The average molecular weight is 475 g/mol. The molecule has 152 valence electrons. The van der Waals surface area contributed by atoms with Crippen LogP contribution in [0.3, 0.4) is 0 Å². The largest absolute Gasteiger partial charge is 0.513 e. The van der Waals surface area contributed by atoms with Gasteiger partial charge in [0.05, 0.1) is 18.7 Å². The van der Waals surface area contributed by atoms with E-state index in [-0.39, 0.29) is 17.9 Å². The van der Waals surface area contributed by atoms with Crippen molar-refractivity contribution >= 4 is 45.2 Å². The van der Waals surface area contributed by atoms with Gasteiger partial charge < -0.3 is 19.0 Å². The van der Waals surface area contributed by atoms with E-state index in [1.165, 1.54) is 0 Å². The maximum Gasteiger partial charge on any atom is 0.513 e. The highest BCUT2D eigenvalue weighted by molar-refractivity contribution is 9.10. The lowest BCUT2D eigenvalue weighted by molar-refractivity contribution is -0.183. The summed E-state index contributed by atoms with van der Waals surface area (Å²) in [5.74, 6) is -0.420. The van der Waals surface area contributed by atoms with Crippen molar-refractivity contribution < 1.29 is 28.6 Å². The molecule has 0 amide bonds. The summed E-state index contributed by atoms with van der Waals surface area (Å²) in [4.78, 5) is 30.3. The van der Waals surface area contributed by atoms with Gasteiger partial charge in [-0.15, -0.1) is 0 Å². The fourth-order valence-electron chi connectivity index (χ4n) is 3.56. The van der Waals surface area contributed by atoms with E-state index in [2.05, 4.69) is 15.9 Å². The average Bonchev–Trinajstić information content (AvgIpc) is 2.87. The molecule has 1 aromatic carbocycles. The second-order valence-corrected chi connectivity index (χ2v) is 7.89. The highest BCUT2D eigenvalue weighted by Gasteiger charge is 2.53. The first kappa shape index (κ1) is 21.1. The molecule has 0 N–H and O–H groups in total. The molecule has 0 aromatic heterocycles. The number of piperidine rings is 1. The van der Waals surface area contributed by atoms with E-state index in [0.29, 0.717) is 36.5 Å². The van der Waals surface area contributed by atoms with Crippen LogP contribution in [0.25, 0.3) is 5.57 Å². The Hall–Kier alpha value is -1.61. The van der Waals surface area contributed by atoms with Crippen molar-refractivity contribution in [3.63, 3.8) is 0 Å². The van der Waals surface area contributed by atoms with Crippen LogP contribution in [0.15, 0.2) is 22.4 Å². The number of hydroxylamine groups is 2. The number of rotatable bonds is 4. The Morgan fingerprint density at radius 2 is 2.04 bits per heavy atom. The third kappa shape index (κ3) is 3.91. The fourth-order valence-corrected chi connectivity index (χ4v) is 4.63. The van der Waals surface area contributed by atoms with Crippen molar-refractivity contribution in [1.29, 1.82) is 0 Å². The summed E-state index contributed by atoms with van der Waals surface area (Å²) in [7, 11) is 1.58. The van der Waals surface area contributed by atoms with Crippen LogP contribution < -0.4 is 0 Å². The molecule has 0 unspecified atom stereocenters.